The van der Waals surface area contributed by atoms with Crippen LogP contribution in [0.3, 0.4) is 0 Å². The molecule has 0 aliphatic heterocycles. The van der Waals surface area contributed by atoms with E-state index in [-0.39, 0.29) is 10.6 Å². The summed E-state index contributed by atoms with van der Waals surface area (Å²) in [6.07, 6.45) is 3.42. The third-order valence-corrected chi connectivity index (χ3v) is 4.51. The number of phenolic OH excluding ortho intramolecular Hbond substituents is 1. The van der Waals surface area contributed by atoms with E-state index in [4.69, 9.17) is 11.6 Å². The molecule has 0 saturated carbocycles. The minimum Gasteiger partial charge on any atom is -0.507 e. The number of nitrogens with zero attached hydrogens (tertiary/aromatic N) is 1. The van der Waals surface area contributed by atoms with Gasteiger partial charge in [-0.1, -0.05) is 29.8 Å². The van der Waals surface area contributed by atoms with Gasteiger partial charge >= 0.3 is 0 Å². The molecule has 0 saturated heterocycles. The highest BCUT2D eigenvalue weighted by molar-refractivity contribution is 7.89. The molecule has 2 aromatic carbocycles. The molecule has 0 heterocycles. The summed E-state index contributed by atoms with van der Waals surface area (Å²) in [4.78, 5) is 2.13. The van der Waals surface area contributed by atoms with Gasteiger partial charge in [0.25, 0.3) is 10.0 Å². The maximum atomic E-state index is 12.0. The van der Waals surface area contributed by atoms with Crippen molar-refractivity contribution in [1.29, 1.82) is 0 Å². The van der Waals surface area contributed by atoms with Crippen molar-refractivity contribution in [3.05, 3.63) is 71.3 Å². The summed E-state index contributed by atoms with van der Waals surface area (Å²) >= 11 is 5.72. The Hall–Kier alpha value is -2.31. The van der Waals surface area contributed by atoms with E-state index < -0.39 is 10.0 Å². The number of halogens is 1. The molecule has 120 valence electrons. The number of nitrogens with one attached hydrogen (secondary N) is 1. The van der Waals surface area contributed by atoms with Gasteiger partial charge in [-0.2, -0.15) is 13.5 Å². The van der Waals surface area contributed by atoms with E-state index in [0.29, 0.717) is 22.6 Å². The summed E-state index contributed by atoms with van der Waals surface area (Å²) in [5.41, 5.74) is 1.09. The van der Waals surface area contributed by atoms with Gasteiger partial charge < -0.3 is 5.11 Å². The van der Waals surface area contributed by atoms with Crippen LogP contribution < -0.4 is 4.83 Å². The fourth-order valence-corrected chi connectivity index (χ4v) is 2.78. The summed E-state index contributed by atoms with van der Waals surface area (Å²) in [5, 5.41) is 14.2. The Labute approximate surface area is 140 Å². The molecule has 23 heavy (non-hydrogen) atoms. The zero-order valence-electron chi connectivity index (χ0n) is 12.1. The van der Waals surface area contributed by atoms with Crippen molar-refractivity contribution in [1.82, 2.24) is 4.83 Å². The van der Waals surface area contributed by atoms with Gasteiger partial charge in [0.2, 0.25) is 0 Å². The highest BCUT2D eigenvalue weighted by atomic mass is 35.5. The van der Waals surface area contributed by atoms with Crippen molar-refractivity contribution in [2.75, 3.05) is 0 Å². The quantitative estimate of drug-likeness (QED) is 0.477. The summed E-state index contributed by atoms with van der Waals surface area (Å²) in [5.74, 6) is 0.0434. The molecule has 0 radical (unpaired) electrons. The molecule has 0 aromatic heterocycles. The maximum Gasteiger partial charge on any atom is 0.276 e. The standard InChI is InChI=1S/C16H15ClN2O3S/c1-2-4-12-5-3-6-13(16(12)20)11-18-19-23(21,22)15-9-7-14(17)8-10-15/h2-3,5-11,19-20H,1,4H2/b18-11-. The number of hydrogen-bond donors (Lipinski definition) is 2. The van der Waals surface area contributed by atoms with Gasteiger partial charge in [0, 0.05) is 10.6 Å². The molecule has 0 bridgehead atoms. The Morgan fingerprint density at radius 3 is 2.57 bits per heavy atom. The second-order valence-corrected chi connectivity index (χ2v) is 6.75. The third-order valence-electron chi connectivity index (χ3n) is 3.02. The Morgan fingerprint density at radius 2 is 1.91 bits per heavy atom. The molecule has 0 atom stereocenters. The first-order valence-corrected chi connectivity index (χ1v) is 8.52. The largest absolute Gasteiger partial charge is 0.507 e. The van der Waals surface area contributed by atoms with E-state index in [2.05, 4.69) is 16.5 Å². The average molecular weight is 351 g/mol. The predicted molar refractivity (Wildman–Crippen MR) is 91.4 cm³/mol. The monoisotopic (exact) mass is 350 g/mol. The van der Waals surface area contributed by atoms with Gasteiger partial charge in [-0.05, 0) is 42.3 Å². The zero-order chi connectivity index (χ0) is 16.9. The summed E-state index contributed by atoms with van der Waals surface area (Å²) in [6, 6.07) is 10.8. The molecule has 7 heteroatoms. The lowest BCUT2D eigenvalue weighted by atomic mass is 10.1. The number of sulfonamides is 1. The van der Waals surface area contributed by atoms with Crippen LogP contribution in [0, 0.1) is 0 Å². The van der Waals surface area contributed by atoms with E-state index in [1.165, 1.54) is 30.5 Å². The molecule has 2 rings (SSSR count). The first-order valence-electron chi connectivity index (χ1n) is 6.66. The van der Waals surface area contributed by atoms with E-state index in [9.17, 15) is 13.5 Å². The average Bonchev–Trinajstić information content (AvgIpc) is 2.51. The minimum atomic E-state index is -3.78. The molecule has 0 aliphatic carbocycles. The van der Waals surface area contributed by atoms with Crippen molar-refractivity contribution in [2.45, 2.75) is 11.3 Å². The second kappa shape index (κ2) is 7.30. The van der Waals surface area contributed by atoms with Crippen molar-refractivity contribution >= 4 is 27.8 Å². The lowest BCUT2D eigenvalue weighted by molar-refractivity contribution is 0.469. The Bertz CT molecular complexity index is 831. The van der Waals surface area contributed by atoms with E-state index in [1.807, 2.05) is 0 Å². The number of aromatic hydroxyl groups is 1. The summed E-state index contributed by atoms with van der Waals surface area (Å²) < 4.78 is 24.1. The predicted octanol–water partition coefficient (Wildman–Crippen LogP) is 3.09. The van der Waals surface area contributed by atoms with Crippen molar-refractivity contribution < 1.29 is 13.5 Å². The molecule has 0 spiro atoms. The zero-order valence-corrected chi connectivity index (χ0v) is 13.7. The number of hydrogen-bond acceptors (Lipinski definition) is 4. The number of allylic oxidation sites excluding steroid dienone is 1. The molecule has 5 nitrogen and oxygen atoms in total. The van der Waals surface area contributed by atoms with Gasteiger partial charge in [0.05, 0.1) is 11.1 Å². The number of para-hydroxylation sites is 1. The van der Waals surface area contributed by atoms with Crippen molar-refractivity contribution in [3.8, 4) is 5.75 Å². The first-order chi connectivity index (χ1) is 10.9. The van der Waals surface area contributed by atoms with Crippen LogP contribution in [0.2, 0.25) is 5.02 Å². The second-order valence-electron chi connectivity index (χ2n) is 4.65. The van der Waals surface area contributed by atoms with Crippen LogP contribution in [0.15, 0.2) is 65.1 Å². The maximum absolute atomic E-state index is 12.0. The smallest absolute Gasteiger partial charge is 0.276 e. The molecule has 2 aromatic rings. The van der Waals surface area contributed by atoms with Gasteiger partial charge in [0.1, 0.15) is 5.75 Å². The highest BCUT2D eigenvalue weighted by Gasteiger charge is 2.12. The molecule has 0 fully saturated rings. The summed E-state index contributed by atoms with van der Waals surface area (Å²) in [7, 11) is -3.78. The Kier molecular flexibility index (Phi) is 5.41. The molecule has 2 N–H and O–H groups in total. The first kappa shape index (κ1) is 17.1. The van der Waals surface area contributed by atoms with Crippen LogP contribution in [0.1, 0.15) is 11.1 Å². The lowest BCUT2D eigenvalue weighted by Crippen LogP contribution is -2.18. The van der Waals surface area contributed by atoms with Gasteiger partial charge in [0.15, 0.2) is 0 Å². The highest BCUT2D eigenvalue weighted by Crippen LogP contribution is 2.21. The van der Waals surface area contributed by atoms with Crippen molar-refractivity contribution in [3.63, 3.8) is 0 Å². The fourth-order valence-electron chi connectivity index (χ4n) is 1.87. The topological polar surface area (TPSA) is 78.8 Å². The normalized spacial score (nSPS) is 11.5. The fraction of sp³-hybridized carbons (Fsp3) is 0.0625. The third kappa shape index (κ3) is 4.34. The van der Waals surface area contributed by atoms with Crippen LogP contribution in [0.25, 0.3) is 0 Å². The van der Waals surface area contributed by atoms with E-state index in [1.54, 1.807) is 24.3 Å². The molecule has 0 amide bonds. The minimum absolute atomic E-state index is 0.0434. The van der Waals surface area contributed by atoms with Gasteiger partial charge in [-0.25, -0.2) is 4.83 Å². The van der Waals surface area contributed by atoms with Crippen LogP contribution in [0.4, 0.5) is 0 Å². The van der Waals surface area contributed by atoms with Crippen LogP contribution in [-0.2, 0) is 16.4 Å². The Morgan fingerprint density at radius 1 is 1.22 bits per heavy atom. The van der Waals surface area contributed by atoms with E-state index >= 15 is 0 Å². The molecular formula is C16H15ClN2O3S. The Balaban J connectivity index is 2.17. The molecular weight excluding hydrogens is 336 g/mol. The number of phenols is 1. The molecule has 0 unspecified atom stereocenters. The number of rotatable bonds is 6. The number of hydrazone groups is 1. The van der Waals surface area contributed by atoms with Crippen LogP contribution in [-0.4, -0.2) is 19.7 Å². The van der Waals surface area contributed by atoms with E-state index in [0.717, 1.165) is 0 Å². The molecule has 0 aliphatic rings. The van der Waals surface area contributed by atoms with Gasteiger partial charge in [-0.3, -0.25) is 0 Å². The van der Waals surface area contributed by atoms with Crippen molar-refractivity contribution in [2.24, 2.45) is 5.10 Å². The SMILES string of the molecule is C=CCc1cccc(/C=N\NS(=O)(=O)c2ccc(Cl)cc2)c1O. The lowest BCUT2D eigenvalue weighted by Gasteiger charge is -2.05. The van der Waals surface area contributed by atoms with Crippen LogP contribution >= 0.6 is 11.6 Å². The van der Waals surface area contributed by atoms with Gasteiger partial charge in [-0.15, -0.1) is 6.58 Å². The number of benzene rings is 2. The van der Waals surface area contributed by atoms with Crippen LogP contribution in [0.5, 0.6) is 5.75 Å². The summed E-state index contributed by atoms with van der Waals surface area (Å²) in [6.45, 7) is 3.62.